The molecule has 4 nitrogen and oxygen atoms in total. The smallest absolute Gasteiger partial charge is 0.153 e. The van der Waals surface area contributed by atoms with E-state index in [-0.39, 0.29) is 0 Å². The van der Waals surface area contributed by atoms with Gasteiger partial charge in [0.2, 0.25) is 0 Å². The summed E-state index contributed by atoms with van der Waals surface area (Å²) in [6.45, 7) is 3.01. The van der Waals surface area contributed by atoms with Crippen molar-refractivity contribution in [3.05, 3.63) is 53.9 Å². The molecule has 2 heterocycles. The van der Waals surface area contributed by atoms with Crippen LogP contribution in [0, 0.1) is 6.92 Å². The number of hydrogen-bond acceptors (Lipinski definition) is 3. The fourth-order valence-electron chi connectivity index (χ4n) is 2.18. The molecule has 3 aromatic rings. The molecule has 3 rings (SSSR count). The summed E-state index contributed by atoms with van der Waals surface area (Å²) in [7, 11) is 1.95. The molecule has 4 heteroatoms. The second kappa shape index (κ2) is 5.43. The van der Waals surface area contributed by atoms with Crippen LogP contribution in [-0.4, -0.2) is 28.2 Å². The first-order chi connectivity index (χ1) is 9.76. The third kappa shape index (κ3) is 2.56. The van der Waals surface area contributed by atoms with E-state index in [0.717, 1.165) is 35.6 Å². The second-order valence-corrected chi connectivity index (χ2v) is 4.97. The Bertz CT molecular complexity index is 713. The molecule has 1 N–H and O–H groups in total. The van der Waals surface area contributed by atoms with Gasteiger partial charge in [0.1, 0.15) is 0 Å². The highest BCUT2D eigenvalue weighted by atomic mass is 15.2. The van der Waals surface area contributed by atoms with Crippen molar-refractivity contribution in [2.45, 2.75) is 13.3 Å². The molecule has 102 valence electrons. The summed E-state index contributed by atoms with van der Waals surface area (Å²) >= 11 is 0. The first kappa shape index (κ1) is 12.8. The standard InChI is InChI=1S/C16H18N4/c1-12-3-5-13(6-4-12)15-7-8-16-18-14(9-10-17-2)11-20(16)19-15/h3-8,11,17H,9-10H2,1-2H3. The van der Waals surface area contributed by atoms with Crippen LogP contribution in [0.3, 0.4) is 0 Å². The molecule has 0 unspecified atom stereocenters. The van der Waals surface area contributed by atoms with Gasteiger partial charge in [0.25, 0.3) is 0 Å². The molecule has 0 radical (unpaired) electrons. The van der Waals surface area contributed by atoms with Gasteiger partial charge in [0.05, 0.1) is 17.6 Å². The molecule has 20 heavy (non-hydrogen) atoms. The summed E-state index contributed by atoms with van der Waals surface area (Å²) in [5.41, 5.74) is 5.31. The van der Waals surface area contributed by atoms with Crippen LogP contribution >= 0.6 is 0 Å². The normalized spacial score (nSPS) is 11.1. The molecule has 0 aliphatic rings. The average molecular weight is 266 g/mol. The summed E-state index contributed by atoms with van der Waals surface area (Å²) in [6.07, 6.45) is 2.92. The van der Waals surface area contributed by atoms with Crippen molar-refractivity contribution in [2.24, 2.45) is 0 Å². The molecule has 0 aliphatic heterocycles. The lowest BCUT2D eigenvalue weighted by atomic mass is 10.1. The summed E-state index contributed by atoms with van der Waals surface area (Å²) in [5, 5.41) is 7.77. The lowest BCUT2D eigenvalue weighted by Crippen LogP contribution is -2.10. The van der Waals surface area contributed by atoms with E-state index in [2.05, 4.69) is 46.6 Å². The van der Waals surface area contributed by atoms with E-state index in [9.17, 15) is 0 Å². The predicted octanol–water partition coefficient (Wildman–Crippen LogP) is 2.47. The lowest BCUT2D eigenvalue weighted by molar-refractivity contribution is 0.779. The van der Waals surface area contributed by atoms with E-state index in [1.165, 1.54) is 5.56 Å². The summed E-state index contributed by atoms with van der Waals surface area (Å²) in [4.78, 5) is 4.56. The maximum atomic E-state index is 4.64. The molecule has 1 aromatic carbocycles. The van der Waals surface area contributed by atoms with Crippen LogP contribution in [0.15, 0.2) is 42.6 Å². The van der Waals surface area contributed by atoms with Crippen molar-refractivity contribution in [1.82, 2.24) is 19.9 Å². The number of hydrogen-bond donors (Lipinski definition) is 1. The third-order valence-electron chi connectivity index (χ3n) is 3.35. The number of fused-ring (bicyclic) bond motifs is 1. The zero-order chi connectivity index (χ0) is 13.9. The number of nitrogens with zero attached hydrogens (tertiary/aromatic N) is 3. The van der Waals surface area contributed by atoms with Gasteiger partial charge >= 0.3 is 0 Å². The van der Waals surface area contributed by atoms with Crippen molar-refractivity contribution in [1.29, 1.82) is 0 Å². The molecule has 0 amide bonds. The maximum Gasteiger partial charge on any atom is 0.153 e. The van der Waals surface area contributed by atoms with E-state index in [1.807, 2.05) is 29.9 Å². The average Bonchev–Trinajstić information content (AvgIpc) is 2.87. The number of likely N-dealkylation sites (N-methyl/N-ethyl adjacent to an activating group) is 1. The van der Waals surface area contributed by atoms with Crippen molar-refractivity contribution < 1.29 is 0 Å². The van der Waals surface area contributed by atoms with E-state index in [4.69, 9.17) is 0 Å². The van der Waals surface area contributed by atoms with Crippen LogP contribution in [0.1, 0.15) is 11.3 Å². The van der Waals surface area contributed by atoms with Gasteiger partial charge in [-0.3, -0.25) is 0 Å². The molecule has 0 saturated carbocycles. The zero-order valence-corrected chi connectivity index (χ0v) is 11.8. The van der Waals surface area contributed by atoms with Gasteiger partial charge in [0, 0.05) is 18.5 Å². The van der Waals surface area contributed by atoms with Crippen LogP contribution in [0.4, 0.5) is 0 Å². The van der Waals surface area contributed by atoms with Crippen LogP contribution in [0.25, 0.3) is 16.9 Å². The Morgan fingerprint density at radius 3 is 2.65 bits per heavy atom. The minimum absolute atomic E-state index is 0.895. The van der Waals surface area contributed by atoms with Gasteiger partial charge in [-0.25, -0.2) is 9.50 Å². The number of aromatic nitrogens is 3. The van der Waals surface area contributed by atoms with Crippen LogP contribution in [-0.2, 0) is 6.42 Å². The van der Waals surface area contributed by atoms with Gasteiger partial charge in [-0.2, -0.15) is 5.10 Å². The number of aryl methyl sites for hydroxylation is 1. The Morgan fingerprint density at radius 2 is 1.90 bits per heavy atom. The van der Waals surface area contributed by atoms with Gasteiger partial charge in [-0.15, -0.1) is 0 Å². The van der Waals surface area contributed by atoms with E-state index in [1.54, 1.807) is 0 Å². The number of rotatable bonds is 4. The molecule has 0 saturated heterocycles. The topological polar surface area (TPSA) is 42.2 Å². The third-order valence-corrected chi connectivity index (χ3v) is 3.35. The van der Waals surface area contributed by atoms with Crippen molar-refractivity contribution in [3.8, 4) is 11.3 Å². The second-order valence-electron chi connectivity index (χ2n) is 4.97. The minimum Gasteiger partial charge on any atom is -0.319 e. The fourth-order valence-corrected chi connectivity index (χ4v) is 2.18. The summed E-state index contributed by atoms with van der Waals surface area (Å²) in [5.74, 6) is 0. The summed E-state index contributed by atoms with van der Waals surface area (Å²) in [6, 6.07) is 12.4. The molecule has 0 spiro atoms. The molecular formula is C16H18N4. The van der Waals surface area contributed by atoms with Gasteiger partial charge in [-0.1, -0.05) is 29.8 Å². The Labute approximate surface area is 118 Å². The summed E-state index contributed by atoms with van der Waals surface area (Å²) < 4.78 is 1.86. The largest absolute Gasteiger partial charge is 0.319 e. The van der Waals surface area contributed by atoms with Gasteiger partial charge < -0.3 is 5.32 Å². The Morgan fingerprint density at radius 1 is 1.10 bits per heavy atom. The zero-order valence-electron chi connectivity index (χ0n) is 11.8. The van der Waals surface area contributed by atoms with Gasteiger partial charge in [0.15, 0.2) is 5.65 Å². The van der Waals surface area contributed by atoms with Crippen molar-refractivity contribution >= 4 is 5.65 Å². The van der Waals surface area contributed by atoms with Crippen LogP contribution < -0.4 is 5.32 Å². The monoisotopic (exact) mass is 266 g/mol. The number of imidazole rings is 1. The molecule has 0 atom stereocenters. The molecule has 0 bridgehead atoms. The van der Waals surface area contributed by atoms with Gasteiger partial charge in [-0.05, 0) is 26.1 Å². The highest BCUT2D eigenvalue weighted by Crippen LogP contribution is 2.18. The fraction of sp³-hybridized carbons (Fsp3) is 0.250. The minimum atomic E-state index is 0.895. The Hall–Kier alpha value is -2.20. The van der Waals surface area contributed by atoms with E-state index < -0.39 is 0 Å². The SMILES string of the molecule is CNCCc1cn2nc(-c3ccc(C)cc3)ccc2n1. The number of nitrogens with one attached hydrogen (secondary N) is 1. The Kier molecular flexibility index (Phi) is 3.48. The maximum absolute atomic E-state index is 4.64. The van der Waals surface area contributed by atoms with Crippen LogP contribution in [0.5, 0.6) is 0 Å². The number of benzene rings is 1. The molecular weight excluding hydrogens is 248 g/mol. The first-order valence-corrected chi connectivity index (χ1v) is 6.83. The van der Waals surface area contributed by atoms with E-state index in [0.29, 0.717) is 0 Å². The van der Waals surface area contributed by atoms with E-state index >= 15 is 0 Å². The lowest BCUT2D eigenvalue weighted by Gasteiger charge is -2.01. The van der Waals surface area contributed by atoms with Crippen molar-refractivity contribution in [3.63, 3.8) is 0 Å². The quantitative estimate of drug-likeness (QED) is 0.789. The predicted molar refractivity (Wildman–Crippen MR) is 80.8 cm³/mol. The van der Waals surface area contributed by atoms with Crippen molar-refractivity contribution in [2.75, 3.05) is 13.6 Å². The molecule has 0 aliphatic carbocycles. The Balaban J connectivity index is 1.95. The molecule has 2 aromatic heterocycles. The highest BCUT2D eigenvalue weighted by molar-refractivity contribution is 5.60. The highest BCUT2D eigenvalue weighted by Gasteiger charge is 2.05. The van der Waals surface area contributed by atoms with Crippen LogP contribution in [0.2, 0.25) is 0 Å². The first-order valence-electron chi connectivity index (χ1n) is 6.83. The molecule has 0 fully saturated rings.